The van der Waals surface area contributed by atoms with Crippen molar-refractivity contribution in [2.45, 2.75) is 19.8 Å². The fraction of sp³-hybridized carbons (Fsp3) is 0.455. The summed E-state index contributed by atoms with van der Waals surface area (Å²) in [6, 6.07) is 4.48. The molecule has 0 aliphatic carbocycles. The first-order valence-electron chi connectivity index (χ1n) is 5.68. The predicted molar refractivity (Wildman–Crippen MR) is 70.5 cm³/mol. The van der Waals surface area contributed by atoms with Gasteiger partial charge in [0, 0.05) is 11.6 Å². The van der Waals surface area contributed by atoms with E-state index in [9.17, 15) is 18.5 Å². The Kier molecular flexibility index (Phi) is 5.25. The van der Waals surface area contributed by atoms with E-state index in [1.807, 2.05) is 0 Å². The van der Waals surface area contributed by atoms with Crippen molar-refractivity contribution in [3.8, 4) is 5.75 Å². The van der Waals surface area contributed by atoms with Crippen molar-refractivity contribution >= 4 is 15.7 Å². The van der Waals surface area contributed by atoms with Gasteiger partial charge in [-0.1, -0.05) is 0 Å². The number of rotatable bonds is 7. The largest absolute Gasteiger partial charge is 0.494 e. The van der Waals surface area contributed by atoms with Gasteiger partial charge in [-0.2, -0.15) is 0 Å². The Bertz CT molecular complexity index is 556. The van der Waals surface area contributed by atoms with Gasteiger partial charge in [0.1, 0.15) is 5.75 Å². The number of nitro benzene ring substituents is 1. The number of hydrogen-bond acceptors (Lipinski definition) is 5. The molecule has 0 amide bonds. The van der Waals surface area contributed by atoms with E-state index in [4.69, 9.17) is 9.88 Å². The van der Waals surface area contributed by atoms with Crippen molar-refractivity contribution in [3.05, 3.63) is 33.9 Å². The predicted octanol–water partition coefficient (Wildman–Crippen LogP) is 1.35. The normalized spacial score (nSPS) is 11.3. The number of ether oxygens (including phenoxy) is 1. The maximum atomic E-state index is 10.7. The summed E-state index contributed by atoms with van der Waals surface area (Å²) >= 11 is 0. The molecule has 8 heteroatoms. The molecule has 2 N–H and O–H groups in total. The van der Waals surface area contributed by atoms with Gasteiger partial charge in [-0.25, -0.2) is 13.6 Å². The standard InChI is InChI=1S/C11H16N2O5S/c1-9-8-10(4-5-11(9)13(14)15)18-6-2-3-7-19(12,16)17/h4-5,8H,2-3,6-7H2,1H3,(H2,12,16,17). The van der Waals surface area contributed by atoms with E-state index in [0.717, 1.165) is 0 Å². The number of sulfonamides is 1. The molecule has 106 valence electrons. The van der Waals surface area contributed by atoms with E-state index in [1.54, 1.807) is 13.0 Å². The lowest BCUT2D eigenvalue weighted by Crippen LogP contribution is -2.16. The maximum absolute atomic E-state index is 10.7. The molecular weight excluding hydrogens is 272 g/mol. The number of hydrogen-bond donors (Lipinski definition) is 1. The zero-order valence-electron chi connectivity index (χ0n) is 10.5. The first-order valence-corrected chi connectivity index (χ1v) is 7.39. The van der Waals surface area contributed by atoms with Gasteiger partial charge in [0.25, 0.3) is 5.69 Å². The number of aryl methyl sites for hydroxylation is 1. The molecule has 0 radical (unpaired) electrons. The lowest BCUT2D eigenvalue weighted by molar-refractivity contribution is -0.385. The Balaban J connectivity index is 2.42. The molecule has 0 aliphatic rings. The zero-order valence-corrected chi connectivity index (χ0v) is 11.4. The third-order valence-electron chi connectivity index (χ3n) is 2.46. The molecule has 0 aromatic heterocycles. The van der Waals surface area contributed by atoms with E-state index in [1.165, 1.54) is 12.1 Å². The SMILES string of the molecule is Cc1cc(OCCCCS(N)(=O)=O)ccc1[N+](=O)[O-]. The summed E-state index contributed by atoms with van der Waals surface area (Å²) in [7, 11) is -3.42. The molecule has 1 rings (SSSR count). The van der Waals surface area contributed by atoms with Crippen LogP contribution >= 0.6 is 0 Å². The average Bonchev–Trinajstić information content (AvgIpc) is 2.26. The van der Waals surface area contributed by atoms with Crippen LogP contribution in [-0.4, -0.2) is 25.7 Å². The van der Waals surface area contributed by atoms with E-state index in [-0.39, 0.29) is 11.4 Å². The van der Waals surface area contributed by atoms with Crippen molar-refractivity contribution in [1.82, 2.24) is 0 Å². The topological polar surface area (TPSA) is 113 Å². The van der Waals surface area contributed by atoms with Crippen molar-refractivity contribution in [2.24, 2.45) is 5.14 Å². The molecule has 0 fully saturated rings. The van der Waals surface area contributed by atoms with Crippen LogP contribution in [0.3, 0.4) is 0 Å². The molecule has 0 unspecified atom stereocenters. The highest BCUT2D eigenvalue weighted by atomic mass is 32.2. The molecule has 7 nitrogen and oxygen atoms in total. The fourth-order valence-corrected chi connectivity index (χ4v) is 2.12. The Morgan fingerprint density at radius 1 is 1.37 bits per heavy atom. The summed E-state index contributed by atoms with van der Waals surface area (Å²) in [6.07, 6.45) is 0.970. The summed E-state index contributed by atoms with van der Waals surface area (Å²) in [5, 5.41) is 15.5. The number of nitrogens with zero attached hydrogens (tertiary/aromatic N) is 1. The van der Waals surface area contributed by atoms with Crippen LogP contribution in [0.5, 0.6) is 5.75 Å². The Morgan fingerprint density at radius 3 is 2.58 bits per heavy atom. The second kappa shape index (κ2) is 6.48. The van der Waals surface area contributed by atoms with Gasteiger partial charge in [-0.3, -0.25) is 10.1 Å². The Hall–Kier alpha value is -1.67. The number of unbranched alkanes of at least 4 members (excludes halogenated alkanes) is 1. The smallest absolute Gasteiger partial charge is 0.272 e. The van der Waals surface area contributed by atoms with Crippen molar-refractivity contribution in [2.75, 3.05) is 12.4 Å². The van der Waals surface area contributed by atoms with E-state index in [0.29, 0.717) is 30.8 Å². The van der Waals surface area contributed by atoms with Crippen LogP contribution in [0.25, 0.3) is 0 Å². The Morgan fingerprint density at radius 2 is 2.05 bits per heavy atom. The van der Waals surface area contributed by atoms with Crippen molar-refractivity contribution in [3.63, 3.8) is 0 Å². The second-order valence-corrected chi connectivity index (χ2v) is 5.86. The summed E-state index contributed by atoms with van der Waals surface area (Å²) in [6.45, 7) is 1.97. The van der Waals surface area contributed by atoms with Crippen LogP contribution in [0.4, 0.5) is 5.69 Å². The molecule has 0 bridgehead atoms. The van der Waals surface area contributed by atoms with Gasteiger partial charge in [0.2, 0.25) is 10.0 Å². The fourth-order valence-electron chi connectivity index (χ4n) is 1.52. The highest BCUT2D eigenvalue weighted by Crippen LogP contribution is 2.23. The summed E-state index contributed by atoms with van der Waals surface area (Å²) in [5.41, 5.74) is 0.564. The van der Waals surface area contributed by atoms with Gasteiger partial charge in [0.05, 0.1) is 17.3 Å². The first kappa shape index (κ1) is 15.4. The molecule has 0 saturated carbocycles. The van der Waals surface area contributed by atoms with Gasteiger partial charge >= 0.3 is 0 Å². The van der Waals surface area contributed by atoms with E-state index >= 15 is 0 Å². The molecular formula is C11H16N2O5S. The lowest BCUT2D eigenvalue weighted by atomic mass is 10.2. The summed E-state index contributed by atoms with van der Waals surface area (Å²) in [4.78, 5) is 10.2. The van der Waals surface area contributed by atoms with Crippen LogP contribution in [0.2, 0.25) is 0 Å². The molecule has 1 aromatic carbocycles. The first-order chi connectivity index (χ1) is 8.79. The molecule has 0 spiro atoms. The number of benzene rings is 1. The summed E-state index contributed by atoms with van der Waals surface area (Å²) in [5.74, 6) is 0.453. The van der Waals surface area contributed by atoms with Gasteiger partial charge in [-0.05, 0) is 31.9 Å². The van der Waals surface area contributed by atoms with Crippen LogP contribution in [0.15, 0.2) is 18.2 Å². The minimum Gasteiger partial charge on any atom is -0.494 e. The molecule has 0 heterocycles. The van der Waals surface area contributed by atoms with Crippen LogP contribution in [-0.2, 0) is 10.0 Å². The number of primary sulfonamides is 1. The van der Waals surface area contributed by atoms with Crippen LogP contribution in [0, 0.1) is 17.0 Å². The van der Waals surface area contributed by atoms with E-state index < -0.39 is 14.9 Å². The third kappa shape index (κ3) is 5.66. The second-order valence-electron chi connectivity index (χ2n) is 4.13. The highest BCUT2D eigenvalue weighted by molar-refractivity contribution is 7.89. The van der Waals surface area contributed by atoms with Crippen molar-refractivity contribution < 1.29 is 18.1 Å². The lowest BCUT2D eigenvalue weighted by Gasteiger charge is -2.06. The summed E-state index contributed by atoms with van der Waals surface area (Å²) < 4.78 is 26.7. The van der Waals surface area contributed by atoms with E-state index in [2.05, 4.69) is 0 Å². The minimum atomic E-state index is -3.42. The van der Waals surface area contributed by atoms with Gasteiger partial charge < -0.3 is 4.74 Å². The minimum absolute atomic E-state index is 0.0431. The zero-order chi connectivity index (χ0) is 14.5. The number of nitrogens with two attached hydrogens (primary N) is 1. The quantitative estimate of drug-likeness (QED) is 0.462. The van der Waals surface area contributed by atoms with Crippen molar-refractivity contribution in [1.29, 1.82) is 0 Å². The number of nitro groups is 1. The third-order valence-corrected chi connectivity index (χ3v) is 3.31. The molecule has 0 saturated heterocycles. The molecule has 1 aromatic rings. The maximum Gasteiger partial charge on any atom is 0.272 e. The molecule has 19 heavy (non-hydrogen) atoms. The average molecular weight is 288 g/mol. The molecule has 0 aliphatic heterocycles. The highest BCUT2D eigenvalue weighted by Gasteiger charge is 2.10. The Labute approximate surface area is 111 Å². The van der Waals surface area contributed by atoms with Crippen LogP contribution < -0.4 is 9.88 Å². The van der Waals surface area contributed by atoms with Gasteiger partial charge in [-0.15, -0.1) is 0 Å². The van der Waals surface area contributed by atoms with Crippen LogP contribution in [0.1, 0.15) is 18.4 Å². The molecule has 0 atom stereocenters. The van der Waals surface area contributed by atoms with Gasteiger partial charge in [0.15, 0.2) is 0 Å². The monoisotopic (exact) mass is 288 g/mol.